The van der Waals surface area contributed by atoms with Crippen LogP contribution in [0.4, 0.5) is 11.4 Å². The average molecular weight is 348 g/mol. The topological polar surface area (TPSA) is 75.9 Å². The lowest BCUT2D eigenvalue weighted by Gasteiger charge is -2.14. The zero-order valence-electron chi connectivity index (χ0n) is 14.7. The van der Waals surface area contributed by atoms with Crippen LogP contribution >= 0.6 is 11.8 Å². The molecule has 0 spiro atoms. The molecule has 0 aliphatic heterocycles. The highest BCUT2D eigenvalue weighted by atomic mass is 32.2. The molecule has 0 fully saturated rings. The van der Waals surface area contributed by atoms with Gasteiger partial charge in [-0.25, -0.2) is 4.68 Å². The van der Waals surface area contributed by atoms with Crippen LogP contribution in [0.3, 0.4) is 0 Å². The molecular formula is C16H24N6OS. The van der Waals surface area contributed by atoms with E-state index < -0.39 is 0 Å². The maximum Gasteiger partial charge on any atom is 0.237 e. The highest BCUT2D eigenvalue weighted by Crippen LogP contribution is 2.23. The monoisotopic (exact) mass is 348 g/mol. The van der Waals surface area contributed by atoms with Gasteiger partial charge in [0, 0.05) is 32.0 Å². The first kappa shape index (κ1) is 18.3. The number of nitrogens with one attached hydrogen (secondary N) is 1. The molecule has 1 N–H and O–H groups in total. The Morgan fingerprint density at radius 1 is 1.25 bits per heavy atom. The molecule has 1 atom stereocenters. The summed E-state index contributed by atoms with van der Waals surface area (Å²) in [6.45, 7) is 6.78. The molecule has 8 heteroatoms. The smallest absolute Gasteiger partial charge is 0.237 e. The summed E-state index contributed by atoms with van der Waals surface area (Å²) in [6, 6.07) is 7.73. The van der Waals surface area contributed by atoms with Crippen molar-refractivity contribution >= 4 is 29.0 Å². The zero-order valence-corrected chi connectivity index (χ0v) is 15.5. The average Bonchev–Trinajstić information content (AvgIpc) is 2.94. The van der Waals surface area contributed by atoms with Crippen molar-refractivity contribution in [2.24, 2.45) is 5.92 Å². The van der Waals surface area contributed by atoms with Crippen molar-refractivity contribution in [2.75, 3.05) is 24.3 Å². The van der Waals surface area contributed by atoms with E-state index in [9.17, 15) is 4.79 Å². The molecule has 1 amide bonds. The second kappa shape index (κ2) is 8.14. The van der Waals surface area contributed by atoms with Crippen LogP contribution < -0.4 is 10.2 Å². The van der Waals surface area contributed by atoms with Crippen molar-refractivity contribution in [3.05, 3.63) is 24.3 Å². The molecule has 1 aromatic carbocycles. The quantitative estimate of drug-likeness (QED) is 0.775. The first-order chi connectivity index (χ1) is 11.4. The molecule has 0 aliphatic carbocycles. The minimum absolute atomic E-state index is 0.0725. The number of rotatable bonds is 7. The number of nitrogens with zero attached hydrogens (tertiary/aromatic N) is 5. The fourth-order valence-corrected chi connectivity index (χ4v) is 2.84. The highest BCUT2D eigenvalue weighted by molar-refractivity contribution is 8.00. The Labute approximate surface area is 146 Å². The summed E-state index contributed by atoms with van der Waals surface area (Å²) in [7, 11) is 3.96. The van der Waals surface area contributed by atoms with E-state index in [-0.39, 0.29) is 11.2 Å². The molecule has 2 aromatic rings. The van der Waals surface area contributed by atoms with Crippen LogP contribution in [0.15, 0.2) is 29.4 Å². The van der Waals surface area contributed by atoms with Gasteiger partial charge in [-0.3, -0.25) is 4.79 Å². The van der Waals surface area contributed by atoms with E-state index in [2.05, 4.69) is 34.7 Å². The first-order valence-corrected chi connectivity index (χ1v) is 8.76. The maximum absolute atomic E-state index is 12.4. The van der Waals surface area contributed by atoms with Gasteiger partial charge >= 0.3 is 0 Å². The Morgan fingerprint density at radius 3 is 2.50 bits per heavy atom. The lowest BCUT2D eigenvalue weighted by molar-refractivity contribution is -0.115. The molecule has 0 radical (unpaired) electrons. The molecule has 1 aromatic heterocycles. The molecule has 7 nitrogen and oxygen atoms in total. The number of anilines is 2. The third-order valence-corrected chi connectivity index (χ3v) is 4.41. The Bertz CT molecular complexity index is 667. The van der Waals surface area contributed by atoms with Gasteiger partial charge in [-0.1, -0.05) is 25.6 Å². The van der Waals surface area contributed by atoms with Crippen LogP contribution in [-0.2, 0) is 11.3 Å². The molecule has 130 valence electrons. The highest BCUT2D eigenvalue weighted by Gasteiger charge is 2.19. The van der Waals surface area contributed by atoms with Gasteiger partial charge in [-0.15, -0.1) is 5.10 Å². The Hall–Kier alpha value is -2.09. The number of hydrogen-bond donors (Lipinski definition) is 1. The van der Waals surface area contributed by atoms with Gasteiger partial charge in [0.15, 0.2) is 0 Å². The molecule has 0 aliphatic rings. The summed E-state index contributed by atoms with van der Waals surface area (Å²) < 4.78 is 1.74. The van der Waals surface area contributed by atoms with Crippen molar-refractivity contribution in [3.8, 4) is 0 Å². The van der Waals surface area contributed by atoms with Crippen molar-refractivity contribution in [1.29, 1.82) is 0 Å². The fourth-order valence-electron chi connectivity index (χ4n) is 2.04. The molecule has 1 heterocycles. The van der Waals surface area contributed by atoms with Crippen LogP contribution in [0.1, 0.15) is 20.8 Å². The SMILES string of the molecule is CC(C)Cn1nnnc1SC(C)C(=O)Nc1ccc(N(C)C)cc1. The molecule has 0 bridgehead atoms. The molecule has 0 saturated heterocycles. The van der Waals surface area contributed by atoms with E-state index in [0.29, 0.717) is 11.1 Å². The number of aromatic nitrogens is 4. The van der Waals surface area contributed by atoms with Crippen molar-refractivity contribution in [2.45, 2.75) is 37.7 Å². The summed E-state index contributed by atoms with van der Waals surface area (Å²) in [5, 5.41) is 15.0. The van der Waals surface area contributed by atoms with Crippen molar-refractivity contribution in [3.63, 3.8) is 0 Å². The van der Waals surface area contributed by atoms with E-state index in [1.54, 1.807) is 4.68 Å². The lowest BCUT2D eigenvalue weighted by atomic mass is 10.2. The van der Waals surface area contributed by atoms with Gasteiger partial charge in [-0.2, -0.15) is 0 Å². The van der Waals surface area contributed by atoms with Crippen LogP contribution in [-0.4, -0.2) is 45.5 Å². The van der Waals surface area contributed by atoms with Crippen molar-refractivity contribution in [1.82, 2.24) is 20.2 Å². The number of amides is 1. The van der Waals surface area contributed by atoms with E-state index >= 15 is 0 Å². The Morgan fingerprint density at radius 2 is 1.92 bits per heavy atom. The fraction of sp³-hybridized carbons (Fsp3) is 0.500. The van der Waals surface area contributed by atoms with Gasteiger partial charge in [0.25, 0.3) is 0 Å². The van der Waals surface area contributed by atoms with Crippen LogP contribution in [0.5, 0.6) is 0 Å². The molecule has 2 rings (SSSR count). The van der Waals surface area contributed by atoms with Crippen LogP contribution in [0.25, 0.3) is 0 Å². The number of tetrazole rings is 1. The van der Waals surface area contributed by atoms with Gasteiger partial charge in [-0.05, 0) is 47.5 Å². The summed E-state index contributed by atoms with van der Waals surface area (Å²) >= 11 is 1.36. The predicted molar refractivity (Wildman–Crippen MR) is 97.4 cm³/mol. The normalized spacial score (nSPS) is 12.2. The predicted octanol–water partition coefficient (Wildman–Crippen LogP) is 2.51. The van der Waals surface area contributed by atoms with Crippen LogP contribution in [0, 0.1) is 5.92 Å². The molecular weight excluding hydrogens is 324 g/mol. The maximum atomic E-state index is 12.4. The Balaban J connectivity index is 1.96. The zero-order chi connectivity index (χ0) is 17.7. The van der Waals surface area contributed by atoms with E-state index in [1.807, 2.05) is 50.2 Å². The van der Waals surface area contributed by atoms with E-state index in [4.69, 9.17) is 0 Å². The van der Waals surface area contributed by atoms with Gasteiger partial charge in [0.2, 0.25) is 11.1 Å². The third-order valence-electron chi connectivity index (χ3n) is 3.34. The minimum atomic E-state index is -0.296. The van der Waals surface area contributed by atoms with Crippen molar-refractivity contribution < 1.29 is 4.79 Å². The van der Waals surface area contributed by atoms with E-state index in [0.717, 1.165) is 17.9 Å². The lowest BCUT2D eigenvalue weighted by Crippen LogP contribution is -2.23. The minimum Gasteiger partial charge on any atom is -0.378 e. The Kier molecular flexibility index (Phi) is 6.19. The second-order valence-electron chi connectivity index (χ2n) is 6.23. The summed E-state index contributed by atoms with van der Waals surface area (Å²) in [6.07, 6.45) is 0. The summed E-state index contributed by atoms with van der Waals surface area (Å²) in [5.74, 6) is 0.365. The summed E-state index contributed by atoms with van der Waals surface area (Å²) in [5.41, 5.74) is 1.86. The largest absolute Gasteiger partial charge is 0.378 e. The number of thioether (sulfide) groups is 1. The van der Waals surface area contributed by atoms with Gasteiger partial charge in [0.1, 0.15) is 0 Å². The molecule has 0 saturated carbocycles. The molecule has 24 heavy (non-hydrogen) atoms. The van der Waals surface area contributed by atoms with Gasteiger partial charge < -0.3 is 10.2 Å². The third kappa shape index (κ3) is 4.95. The second-order valence-corrected chi connectivity index (χ2v) is 7.54. The van der Waals surface area contributed by atoms with E-state index in [1.165, 1.54) is 11.8 Å². The first-order valence-electron chi connectivity index (χ1n) is 7.88. The number of carbonyl (C=O) groups excluding carboxylic acids is 1. The van der Waals surface area contributed by atoms with Gasteiger partial charge in [0.05, 0.1) is 5.25 Å². The number of benzene rings is 1. The standard InChI is InChI=1S/C16H24N6OS/c1-11(2)10-22-16(18-19-20-22)24-12(3)15(23)17-13-6-8-14(9-7-13)21(4)5/h6-9,11-12H,10H2,1-5H3,(H,17,23). The molecule has 1 unspecified atom stereocenters. The summed E-state index contributed by atoms with van der Waals surface area (Å²) in [4.78, 5) is 14.4. The number of hydrogen-bond acceptors (Lipinski definition) is 6. The van der Waals surface area contributed by atoms with Crippen LogP contribution in [0.2, 0.25) is 0 Å². The number of carbonyl (C=O) groups is 1.